The Labute approximate surface area is 260 Å². The van der Waals surface area contributed by atoms with Crippen molar-refractivity contribution < 1.29 is 43.9 Å². The van der Waals surface area contributed by atoms with Gasteiger partial charge in [-0.1, -0.05) is 5.57 Å². The maximum Gasteiger partial charge on any atom is 0.427 e. The number of aromatic nitrogens is 6. The first-order chi connectivity index (χ1) is 21.5. The Hall–Kier alpha value is -3.97. The van der Waals surface area contributed by atoms with Crippen LogP contribution in [0.5, 0.6) is 0 Å². The van der Waals surface area contributed by atoms with Crippen molar-refractivity contribution in [3.05, 3.63) is 75.5 Å². The third-order valence-electron chi connectivity index (χ3n) is 7.98. The molecule has 10 nitrogen and oxygen atoms in total. The van der Waals surface area contributed by atoms with E-state index in [1.807, 2.05) is 0 Å². The lowest BCUT2D eigenvalue weighted by molar-refractivity contribution is -0.140. The summed E-state index contributed by atoms with van der Waals surface area (Å²) in [5.41, 5.74) is -0.0203. The summed E-state index contributed by atoms with van der Waals surface area (Å²) in [6.45, 7) is -1.91. The van der Waals surface area contributed by atoms with Crippen LogP contribution in [0.15, 0.2) is 53.7 Å². The molecule has 0 spiro atoms. The molecule has 2 aliphatic carbocycles. The molecule has 2 atom stereocenters. The van der Waals surface area contributed by atoms with Gasteiger partial charge in [0, 0.05) is 13.1 Å². The summed E-state index contributed by atoms with van der Waals surface area (Å²) in [5.74, 6) is -1.38. The van der Waals surface area contributed by atoms with Gasteiger partial charge in [-0.15, -0.1) is 16.4 Å². The van der Waals surface area contributed by atoms with Gasteiger partial charge >= 0.3 is 12.4 Å². The molecule has 1 aromatic carbocycles. The molecule has 0 amide bonds. The number of nitrogens with zero attached hydrogens (tertiary/aromatic N) is 7. The molecular weight excluding hydrogens is 667 g/mol. The summed E-state index contributed by atoms with van der Waals surface area (Å²) in [7, 11) is -3.61. The smallest absolute Gasteiger partial charge is 0.290 e. The summed E-state index contributed by atoms with van der Waals surface area (Å²) in [6, 6.07) is 3.93. The summed E-state index contributed by atoms with van der Waals surface area (Å²) in [5, 5.41) is 6.63. The van der Waals surface area contributed by atoms with E-state index in [1.165, 1.54) is 42.2 Å². The van der Waals surface area contributed by atoms with Crippen molar-refractivity contribution in [1.82, 2.24) is 33.8 Å². The standard InChI is InChI=1S/C27H22F7N7O3S2/c1-39-14-36-24(38-39)46(43,44)40(13-26(29,30)31)19-5-2-16-8-20-15(11-37-41(20)18-6-3-17(28)4-7-18)9-25(16,10-19)22(42)23-35-12-21(45-23)27(32,33)34/h3-4,6-8,11-12,14,19H,2,5,9-10,13H2,1H3/t19-,25-/m0/s1. The predicted molar refractivity (Wildman–Crippen MR) is 148 cm³/mol. The normalized spacial score (nSPS) is 20.4. The molecule has 244 valence electrons. The molecule has 3 aromatic heterocycles. The Balaban J connectivity index is 1.46. The Morgan fingerprint density at radius 1 is 1.11 bits per heavy atom. The fraction of sp³-hybridized carbons (Fsp3) is 0.370. The van der Waals surface area contributed by atoms with Gasteiger partial charge in [0.25, 0.3) is 15.2 Å². The van der Waals surface area contributed by atoms with Crippen LogP contribution in [0.25, 0.3) is 11.8 Å². The lowest BCUT2D eigenvalue weighted by Crippen LogP contribution is -2.52. The third kappa shape index (κ3) is 5.74. The van der Waals surface area contributed by atoms with Crippen molar-refractivity contribution in [2.45, 2.75) is 49.2 Å². The Bertz CT molecular complexity index is 1950. The van der Waals surface area contributed by atoms with Crippen LogP contribution in [0.3, 0.4) is 0 Å². The van der Waals surface area contributed by atoms with E-state index in [9.17, 15) is 43.9 Å². The van der Waals surface area contributed by atoms with Gasteiger partial charge < -0.3 is 0 Å². The second-order valence-electron chi connectivity index (χ2n) is 11.0. The number of carbonyl (C=O) groups excluding carboxylic acids is 1. The topological polar surface area (TPSA) is 116 Å². The number of rotatable bonds is 7. The van der Waals surface area contributed by atoms with Crippen LogP contribution in [0, 0.1) is 11.2 Å². The summed E-state index contributed by atoms with van der Waals surface area (Å²) >= 11 is 0.0978. The monoisotopic (exact) mass is 689 g/mol. The van der Waals surface area contributed by atoms with Gasteiger partial charge in [-0.2, -0.15) is 35.7 Å². The first kappa shape index (κ1) is 32.0. The van der Waals surface area contributed by atoms with E-state index in [0.717, 1.165) is 11.0 Å². The quantitative estimate of drug-likeness (QED) is 0.193. The molecule has 0 aliphatic heterocycles. The number of allylic oxidation sites excluding steroid dienone is 1. The molecule has 19 heteroatoms. The van der Waals surface area contributed by atoms with Crippen molar-refractivity contribution >= 4 is 33.2 Å². The van der Waals surface area contributed by atoms with E-state index in [1.54, 1.807) is 6.08 Å². The summed E-state index contributed by atoms with van der Waals surface area (Å²) in [6.07, 6.45) is -6.25. The van der Waals surface area contributed by atoms with Crippen LogP contribution in [-0.2, 0) is 29.7 Å². The van der Waals surface area contributed by atoms with Gasteiger partial charge in [0.05, 0.1) is 29.2 Å². The zero-order chi connectivity index (χ0) is 33.2. The highest BCUT2D eigenvalue weighted by Gasteiger charge is 2.54. The molecule has 0 N–H and O–H groups in total. The highest BCUT2D eigenvalue weighted by molar-refractivity contribution is 7.89. The minimum Gasteiger partial charge on any atom is -0.290 e. The number of halogens is 7. The number of hydrogen-bond acceptors (Lipinski definition) is 8. The van der Waals surface area contributed by atoms with Crippen LogP contribution >= 0.6 is 11.3 Å². The second-order valence-corrected chi connectivity index (χ2v) is 13.8. The number of alkyl halides is 6. The van der Waals surface area contributed by atoms with Crippen molar-refractivity contribution in [2.24, 2.45) is 12.5 Å². The lowest BCUT2D eigenvalue weighted by atomic mass is 9.61. The van der Waals surface area contributed by atoms with Crippen molar-refractivity contribution in [3.8, 4) is 5.69 Å². The number of hydrogen-bond donors (Lipinski definition) is 0. The molecule has 0 radical (unpaired) electrons. The minimum absolute atomic E-state index is 0.0819. The number of sulfonamides is 1. The van der Waals surface area contributed by atoms with E-state index in [2.05, 4.69) is 20.2 Å². The average Bonchev–Trinajstić information content (AvgIpc) is 3.74. The lowest BCUT2D eigenvalue weighted by Gasteiger charge is -2.46. The molecule has 2 aliphatic rings. The van der Waals surface area contributed by atoms with E-state index < -0.39 is 73.4 Å². The van der Waals surface area contributed by atoms with Gasteiger partial charge in [-0.05, 0) is 61.6 Å². The first-order valence-electron chi connectivity index (χ1n) is 13.5. The van der Waals surface area contributed by atoms with Gasteiger partial charge in [-0.3, -0.25) is 9.48 Å². The molecule has 0 unspecified atom stereocenters. The van der Waals surface area contributed by atoms with E-state index >= 15 is 0 Å². The molecule has 0 bridgehead atoms. The van der Waals surface area contributed by atoms with Crippen LogP contribution < -0.4 is 0 Å². The number of aryl methyl sites for hydroxylation is 1. The zero-order valence-electron chi connectivity index (χ0n) is 23.5. The number of benzene rings is 1. The fourth-order valence-electron chi connectivity index (χ4n) is 5.96. The number of Topliss-reactive ketones (excluding diaryl/α,β-unsaturated/α-hetero) is 1. The van der Waals surface area contributed by atoms with Gasteiger partial charge in [0.2, 0.25) is 5.78 Å². The Morgan fingerprint density at radius 2 is 1.83 bits per heavy atom. The molecule has 1 saturated carbocycles. The Kier molecular flexibility index (Phi) is 7.71. The zero-order valence-corrected chi connectivity index (χ0v) is 25.2. The second kappa shape index (κ2) is 11.1. The molecule has 6 rings (SSSR count). The molecule has 3 heterocycles. The van der Waals surface area contributed by atoms with Crippen LogP contribution in [0.1, 0.15) is 45.2 Å². The van der Waals surface area contributed by atoms with Crippen molar-refractivity contribution in [3.63, 3.8) is 0 Å². The highest BCUT2D eigenvalue weighted by Crippen LogP contribution is 2.52. The SMILES string of the molecule is Cn1cnc(S(=O)(=O)N(CC(F)(F)F)[C@H]2CCC3=Cc4c(cnn4-c4ccc(F)cc4)C[C@]3(C(=O)c3ncc(C(F)(F)F)s3)C2)n1. The average molecular weight is 690 g/mol. The molecule has 0 saturated heterocycles. The van der Waals surface area contributed by atoms with Crippen LogP contribution in [-0.4, -0.2) is 66.8 Å². The van der Waals surface area contributed by atoms with Crippen LogP contribution in [0.4, 0.5) is 30.7 Å². The largest absolute Gasteiger partial charge is 0.427 e. The fourth-order valence-corrected chi connectivity index (χ4v) is 8.30. The van der Waals surface area contributed by atoms with Crippen molar-refractivity contribution in [1.29, 1.82) is 0 Å². The first-order valence-corrected chi connectivity index (χ1v) is 15.8. The number of ketones is 1. The third-order valence-corrected chi connectivity index (χ3v) is 10.7. The molecule has 4 aromatic rings. The summed E-state index contributed by atoms with van der Waals surface area (Å²) < 4.78 is 125. The maximum atomic E-state index is 14.2. The van der Waals surface area contributed by atoms with Gasteiger partial charge in [0.15, 0.2) is 5.01 Å². The number of carbonyl (C=O) groups is 1. The van der Waals surface area contributed by atoms with E-state index in [-0.39, 0.29) is 34.9 Å². The van der Waals surface area contributed by atoms with E-state index in [4.69, 9.17) is 0 Å². The maximum absolute atomic E-state index is 14.2. The van der Waals surface area contributed by atoms with E-state index in [0.29, 0.717) is 28.7 Å². The highest BCUT2D eigenvalue weighted by atomic mass is 32.2. The molecular formula is C27H22F7N7O3S2. The minimum atomic E-state index is -5.00. The summed E-state index contributed by atoms with van der Waals surface area (Å²) in [4.78, 5) is 20.5. The van der Waals surface area contributed by atoms with Crippen molar-refractivity contribution in [2.75, 3.05) is 6.54 Å². The molecule has 46 heavy (non-hydrogen) atoms. The molecule has 1 fully saturated rings. The predicted octanol–water partition coefficient (Wildman–Crippen LogP) is 5.23. The van der Waals surface area contributed by atoms with Gasteiger partial charge in [-0.25, -0.2) is 27.5 Å². The number of fused-ring (bicyclic) bond motifs is 2. The number of thiazole rings is 1. The Morgan fingerprint density at radius 3 is 2.43 bits per heavy atom. The van der Waals surface area contributed by atoms with Gasteiger partial charge in [0.1, 0.15) is 23.6 Å². The van der Waals surface area contributed by atoms with Crippen LogP contribution in [0.2, 0.25) is 0 Å².